The summed E-state index contributed by atoms with van der Waals surface area (Å²) in [6.45, 7) is 1.84. The van der Waals surface area contributed by atoms with Gasteiger partial charge in [0.1, 0.15) is 4.47 Å². The highest BCUT2D eigenvalue weighted by Crippen LogP contribution is 2.18. The Morgan fingerprint density at radius 3 is 2.90 bits per heavy atom. The molecule has 2 heterocycles. The van der Waals surface area contributed by atoms with Crippen molar-refractivity contribution < 1.29 is 4.79 Å². The smallest absolute Gasteiger partial charge is 0.283 e. The van der Waals surface area contributed by atoms with Gasteiger partial charge in [0.2, 0.25) is 5.91 Å². The number of hydrogen-bond acceptors (Lipinski definition) is 5. The zero-order valence-electron chi connectivity index (χ0n) is 11.5. The Morgan fingerprint density at radius 2 is 2.30 bits per heavy atom. The summed E-state index contributed by atoms with van der Waals surface area (Å²) in [4.78, 5) is 25.3. The maximum Gasteiger partial charge on any atom is 0.283 e. The molecule has 0 spiro atoms. The van der Waals surface area contributed by atoms with Gasteiger partial charge in [-0.15, -0.1) is 0 Å². The number of aromatic nitrogens is 2. The molecule has 0 aliphatic carbocycles. The van der Waals surface area contributed by atoms with Crippen LogP contribution in [-0.2, 0) is 11.3 Å². The molecule has 110 valence electrons. The summed E-state index contributed by atoms with van der Waals surface area (Å²) in [5.74, 6) is 0.0194. The summed E-state index contributed by atoms with van der Waals surface area (Å²) in [6.07, 6.45) is 2.03. The molecule has 8 heteroatoms. The molecule has 1 aromatic heterocycles. The largest absolute Gasteiger partial charge is 0.378 e. The van der Waals surface area contributed by atoms with Crippen molar-refractivity contribution in [2.45, 2.75) is 19.0 Å². The third-order valence-electron chi connectivity index (χ3n) is 3.08. The van der Waals surface area contributed by atoms with Crippen molar-refractivity contribution in [2.24, 2.45) is 0 Å². The van der Waals surface area contributed by atoms with Gasteiger partial charge in [0.25, 0.3) is 5.56 Å². The van der Waals surface area contributed by atoms with Crippen molar-refractivity contribution in [3.05, 3.63) is 21.0 Å². The SMILES string of the molecule is CN(C)CCn1ncc(NC2CNC(=O)C2)c(Br)c1=O. The highest BCUT2D eigenvalue weighted by molar-refractivity contribution is 9.10. The van der Waals surface area contributed by atoms with E-state index in [9.17, 15) is 9.59 Å². The van der Waals surface area contributed by atoms with Gasteiger partial charge >= 0.3 is 0 Å². The average Bonchev–Trinajstić information content (AvgIpc) is 2.79. The number of carbonyl (C=O) groups is 1. The first-order valence-electron chi connectivity index (χ1n) is 6.41. The molecule has 1 amide bonds. The number of anilines is 1. The van der Waals surface area contributed by atoms with Crippen LogP contribution in [0.25, 0.3) is 0 Å². The molecule has 1 atom stereocenters. The van der Waals surface area contributed by atoms with Gasteiger partial charge in [-0.2, -0.15) is 5.10 Å². The molecular formula is C12H18BrN5O2. The van der Waals surface area contributed by atoms with E-state index in [0.717, 1.165) is 6.54 Å². The Labute approximate surface area is 125 Å². The summed E-state index contributed by atoms with van der Waals surface area (Å²) in [7, 11) is 3.89. The fourth-order valence-electron chi connectivity index (χ4n) is 1.95. The van der Waals surface area contributed by atoms with E-state index in [4.69, 9.17) is 0 Å². The Kier molecular flexibility index (Phi) is 4.77. The molecule has 20 heavy (non-hydrogen) atoms. The summed E-state index contributed by atoms with van der Waals surface area (Å²) in [6, 6.07) is -0.00220. The van der Waals surface area contributed by atoms with Crippen molar-refractivity contribution in [2.75, 3.05) is 32.5 Å². The molecule has 1 aliphatic rings. The lowest BCUT2D eigenvalue weighted by atomic mass is 10.2. The normalized spacial score (nSPS) is 18.4. The van der Waals surface area contributed by atoms with Crippen LogP contribution in [-0.4, -0.2) is 53.8 Å². The summed E-state index contributed by atoms with van der Waals surface area (Å²) in [5.41, 5.74) is 0.451. The quantitative estimate of drug-likeness (QED) is 0.778. The monoisotopic (exact) mass is 343 g/mol. The molecule has 2 N–H and O–H groups in total. The molecule has 0 bridgehead atoms. The maximum atomic E-state index is 12.2. The predicted octanol–water partition coefficient (Wildman–Crippen LogP) is -0.132. The minimum absolute atomic E-state index is 0.00220. The average molecular weight is 344 g/mol. The fraction of sp³-hybridized carbons (Fsp3) is 0.583. The second-order valence-electron chi connectivity index (χ2n) is 5.05. The molecule has 0 saturated carbocycles. The van der Waals surface area contributed by atoms with E-state index in [1.807, 2.05) is 19.0 Å². The Bertz CT molecular complexity index is 557. The van der Waals surface area contributed by atoms with Crippen LogP contribution in [0.15, 0.2) is 15.5 Å². The van der Waals surface area contributed by atoms with E-state index >= 15 is 0 Å². The van der Waals surface area contributed by atoms with Gasteiger partial charge in [-0.25, -0.2) is 4.68 Å². The molecule has 0 radical (unpaired) electrons. The summed E-state index contributed by atoms with van der Waals surface area (Å²) in [5, 5.41) is 10.0. The number of carbonyl (C=O) groups excluding carboxylic acids is 1. The van der Waals surface area contributed by atoms with Crippen LogP contribution in [0, 0.1) is 0 Å². The minimum atomic E-state index is -0.172. The lowest BCUT2D eigenvalue weighted by molar-refractivity contribution is -0.119. The van der Waals surface area contributed by atoms with Gasteiger partial charge in [0, 0.05) is 19.5 Å². The molecule has 1 saturated heterocycles. The maximum absolute atomic E-state index is 12.2. The molecule has 1 aliphatic heterocycles. The van der Waals surface area contributed by atoms with Gasteiger partial charge in [0.15, 0.2) is 0 Å². The summed E-state index contributed by atoms with van der Waals surface area (Å²) < 4.78 is 1.87. The molecular weight excluding hydrogens is 326 g/mol. The number of amides is 1. The first-order chi connectivity index (χ1) is 9.47. The Balaban J connectivity index is 2.10. The van der Waals surface area contributed by atoms with Gasteiger partial charge in [-0.3, -0.25) is 9.59 Å². The van der Waals surface area contributed by atoms with E-state index < -0.39 is 0 Å². The van der Waals surface area contributed by atoms with Gasteiger partial charge < -0.3 is 15.5 Å². The van der Waals surface area contributed by atoms with Crippen LogP contribution in [0.4, 0.5) is 5.69 Å². The Morgan fingerprint density at radius 1 is 1.55 bits per heavy atom. The lowest BCUT2D eigenvalue weighted by Gasteiger charge is -2.15. The second kappa shape index (κ2) is 6.36. The van der Waals surface area contributed by atoms with Crippen LogP contribution in [0.1, 0.15) is 6.42 Å². The third kappa shape index (κ3) is 3.57. The summed E-state index contributed by atoms with van der Waals surface area (Å²) >= 11 is 3.31. The van der Waals surface area contributed by atoms with E-state index in [-0.39, 0.29) is 17.5 Å². The molecule has 1 aromatic rings. The fourth-order valence-corrected chi connectivity index (χ4v) is 2.37. The van der Waals surface area contributed by atoms with E-state index in [2.05, 4.69) is 31.7 Å². The van der Waals surface area contributed by atoms with Crippen molar-refractivity contribution in [3.8, 4) is 0 Å². The third-order valence-corrected chi connectivity index (χ3v) is 3.85. The van der Waals surface area contributed by atoms with Gasteiger partial charge in [-0.05, 0) is 30.0 Å². The zero-order valence-corrected chi connectivity index (χ0v) is 13.1. The molecule has 1 fully saturated rings. The van der Waals surface area contributed by atoms with Crippen molar-refractivity contribution in [3.63, 3.8) is 0 Å². The molecule has 1 unspecified atom stereocenters. The van der Waals surface area contributed by atoms with Crippen molar-refractivity contribution in [1.29, 1.82) is 0 Å². The molecule has 2 rings (SSSR count). The number of likely N-dealkylation sites (N-methyl/N-ethyl adjacent to an activating group) is 1. The lowest BCUT2D eigenvalue weighted by Crippen LogP contribution is -2.30. The minimum Gasteiger partial charge on any atom is -0.378 e. The van der Waals surface area contributed by atoms with Crippen LogP contribution in [0.3, 0.4) is 0 Å². The molecule has 7 nitrogen and oxygen atoms in total. The highest BCUT2D eigenvalue weighted by Gasteiger charge is 2.22. The first-order valence-corrected chi connectivity index (χ1v) is 7.20. The van der Waals surface area contributed by atoms with Crippen molar-refractivity contribution >= 4 is 27.5 Å². The Hall–Kier alpha value is -1.41. The first kappa shape index (κ1) is 15.0. The van der Waals surface area contributed by atoms with E-state index in [1.165, 1.54) is 4.68 Å². The van der Waals surface area contributed by atoms with Gasteiger partial charge in [0.05, 0.1) is 24.5 Å². The predicted molar refractivity (Wildman–Crippen MR) is 79.8 cm³/mol. The number of hydrogen-bond donors (Lipinski definition) is 2. The van der Waals surface area contributed by atoms with Crippen LogP contribution >= 0.6 is 15.9 Å². The highest BCUT2D eigenvalue weighted by atomic mass is 79.9. The topological polar surface area (TPSA) is 79.3 Å². The van der Waals surface area contributed by atoms with Crippen LogP contribution in [0.5, 0.6) is 0 Å². The number of nitrogens with zero attached hydrogens (tertiary/aromatic N) is 3. The zero-order chi connectivity index (χ0) is 14.7. The number of halogens is 1. The second-order valence-corrected chi connectivity index (χ2v) is 5.85. The van der Waals surface area contributed by atoms with Crippen molar-refractivity contribution in [1.82, 2.24) is 20.0 Å². The van der Waals surface area contributed by atoms with Gasteiger partial charge in [-0.1, -0.05) is 0 Å². The van der Waals surface area contributed by atoms with E-state index in [1.54, 1.807) is 6.20 Å². The molecule has 0 aromatic carbocycles. The van der Waals surface area contributed by atoms with E-state index in [0.29, 0.717) is 29.7 Å². The van der Waals surface area contributed by atoms with Crippen LogP contribution < -0.4 is 16.2 Å². The van der Waals surface area contributed by atoms with Crippen LogP contribution in [0.2, 0.25) is 0 Å². The number of nitrogens with one attached hydrogen (secondary N) is 2. The standard InChI is InChI=1S/C12H18BrN5O2/c1-17(2)3-4-18-12(20)11(13)9(7-15-18)16-8-5-10(19)14-6-8/h7-8,16H,3-6H2,1-2H3,(H,14,19). The number of rotatable bonds is 5.